The van der Waals surface area contributed by atoms with Crippen LogP contribution in [-0.4, -0.2) is 5.11 Å². The first-order chi connectivity index (χ1) is 10.3. The molecule has 0 fully saturated rings. The van der Waals surface area contributed by atoms with Gasteiger partial charge < -0.3 is 5.11 Å². The van der Waals surface area contributed by atoms with E-state index in [0.717, 1.165) is 21.2 Å². The van der Waals surface area contributed by atoms with Crippen molar-refractivity contribution in [3.05, 3.63) is 100 Å². The maximum Gasteiger partial charge on any atom is 0.119 e. The molecule has 0 spiro atoms. The Labute approximate surface area is 133 Å². The average molecular weight is 339 g/mol. The van der Waals surface area contributed by atoms with Gasteiger partial charge in [-0.25, -0.2) is 0 Å². The van der Waals surface area contributed by atoms with Crippen LogP contribution in [0.2, 0.25) is 0 Å². The first-order valence-corrected chi connectivity index (χ1v) is 7.63. The van der Waals surface area contributed by atoms with Crippen LogP contribution in [0.1, 0.15) is 22.6 Å². The summed E-state index contributed by atoms with van der Waals surface area (Å²) in [6.45, 7) is 0. The molecule has 3 aromatic rings. The number of phenolic OH excluding ortho intramolecular Hbond substituents is 1. The number of halogens is 1. The van der Waals surface area contributed by atoms with Crippen LogP contribution in [0.3, 0.4) is 0 Å². The second-order valence-electron chi connectivity index (χ2n) is 4.96. The molecule has 3 rings (SSSR count). The first kappa shape index (κ1) is 13.9. The maximum atomic E-state index is 10.3. The van der Waals surface area contributed by atoms with Gasteiger partial charge in [-0.05, 0) is 29.3 Å². The summed E-state index contributed by atoms with van der Waals surface area (Å²) >= 11 is 3.50. The predicted molar refractivity (Wildman–Crippen MR) is 89.6 cm³/mol. The second kappa shape index (κ2) is 6.15. The highest BCUT2D eigenvalue weighted by molar-refractivity contribution is 9.10. The van der Waals surface area contributed by atoms with Crippen LogP contribution < -0.4 is 0 Å². The largest absolute Gasteiger partial charge is 0.508 e. The highest BCUT2D eigenvalue weighted by Gasteiger charge is 2.19. The fraction of sp³-hybridized carbons (Fsp3) is 0.0526. The molecule has 2 heteroatoms. The van der Waals surface area contributed by atoms with E-state index in [1.165, 1.54) is 0 Å². The second-order valence-corrected chi connectivity index (χ2v) is 5.87. The Kier molecular flexibility index (Phi) is 4.07. The van der Waals surface area contributed by atoms with Gasteiger partial charge in [0.15, 0.2) is 0 Å². The molecule has 3 aromatic carbocycles. The molecule has 0 radical (unpaired) electrons. The van der Waals surface area contributed by atoms with Crippen LogP contribution in [0.25, 0.3) is 0 Å². The molecule has 0 saturated carbocycles. The Morgan fingerprint density at radius 1 is 0.714 bits per heavy atom. The van der Waals surface area contributed by atoms with Crippen molar-refractivity contribution in [1.82, 2.24) is 0 Å². The van der Waals surface area contributed by atoms with E-state index in [1.807, 2.05) is 48.5 Å². The van der Waals surface area contributed by atoms with Crippen molar-refractivity contribution in [3.63, 3.8) is 0 Å². The molecule has 0 aliphatic carbocycles. The maximum absolute atomic E-state index is 10.3. The van der Waals surface area contributed by atoms with E-state index in [9.17, 15) is 5.11 Å². The smallest absolute Gasteiger partial charge is 0.119 e. The van der Waals surface area contributed by atoms with Gasteiger partial charge >= 0.3 is 0 Å². The van der Waals surface area contributed by atoms with Gasteiger partial charge in [-0.1, -0.05) is 76.6 Å². The van der Waals surface area contributed by atoms with Crippen molar-refractivity contribution < 1.29 is 5.11 Å². The zero-order valence-electron chi connectivity index (χ0n) is 11.4. The summed E-state index contributed by atoms with van der Waals surface area (Å²) in [5.74, 6) is 0.334. The van der Waals surface area contributed by atoms with Crippen molar-refractivity contribution in [3.8, 4) is 5.75 Å². The molecule has 0 saturated heterocycles. The standard InChI is InChI=1S/C19H15BrO/c20-16-11-12-18(21)17(13-16)19(14-7-3-1-4-8-14)15-9-5-2-6-10-15/h1-13,19,21H. The summed E-state index contributed by atoms with van der Waals surface area (Å²) < 4.78 is 0.965. The van der Waals surface area contributed by atoms with Crippen LogP contribution in [-0.2, 0) is 0 Å². The first-order valence-electron chi connectivity index (χ1n) is 6.84. The minimum absolute atomic E-state index is 0.0184. The molecule has 0 aliphatic heterocycles. The van der Waals surface area contributed by atoms with Gasteiger partial charge in [-0.3, -0.25) is 0 Å². The average Bonchev–Trinajstić information content (AvgIpc) is 2.53. The predicted octanol–water partition coefficient (Wildman–Crippen LogP) is 5.33. The van der Waals surface area contributed by atoms with Gasteiger partial charge in [0.25, 0.3) is 0 Å². The van der Waals surface area contributed by atoms with Crippen molar-refractivity contribution in [2.45, 2.75) is 5.92 Å². The van der Waals surface area contributed by atoms with E-state index in [1.54, 1.807) is 6.07 Å². The lowest BCUT2D eigenvalue weighted by molar-refractivity contribution is 0.467. The van der Waals surface area contributed by atoms with Crippen LogP contribution in [0, 0.1) is 0 Å². The van der Waals surface area contributed by atoms with Crippen molar-refractivity contribution >= 4 is 15.9 Å². The molecule has 0 aromatic heterocycles. The van der Waals surface area contributed by atoms with E-state index in [0.29, 0.717) is 5.75 Å². The lowest BCUT2D eigenvalue weighted by atomic mass is 9.85. The Morgan fingerprint density at radius 2 is 1.24 bits per heavy atom. The topological polar surface area (TPSA) is 20.2 Å². The summed E-state index contributed by atoms with van der Waals surface area (Å²) in [5, 5.41) is 10.3. The molecule has 1 nitrogen and oxygen atoms in total. The lowest BCUT2D eigenvalue weighted by Gasteiger charge is -2.20. The lowest BCUT2D eigenvalue weighted by Crippen LogP contribution is -2.03. The molecule has 21 heavy (non-hydrogen) atoms. The Bertz CT molecular complexity index is 684. The normalized spacial score (nSPS) is 10.8. The summed E-state index contributed by atoms with van der Waals surface area (Å²) in [4.78, 5) is 0. The SMILES string of the molecule is Oc1ccc(Br)cc1C(c1ccccc1)c1ccccc1. The van der Waals surface area contributed by atoms with E-state index < -0.39 is 0 Å². The molecule has 0 amide bonds. The third-order valence-electron chi connectivity index (χ3n) is 3.57. The quantitative estimate of drug-likeness (QED) is 0.639. The third kappa shape index (κ3) is 3.01. The fourth-order valence-electron chi connectivity index (χ4n) is 2.60. The van der Waals surface area contributed by atoms with Gasteiger partial charge in [0.2, 0.25) is 0 Å². The molecule has 1 N–H and O–H groups in total. The summed E-state index contributed by atoms with van der Waals surface area (Å²) in [5.41, 5.74) is 3.23. The van der Waals surface area contributed by atoms with E-state index in [2.05, 4.69) is 40.2 Å². The van der Waals surface area contributed by atoms with E-state index in [-0.39, 0.29) is 5.92 Å². The Hall–Kier alpha value is -2.06. The highest BCUT2D eigenvalue weighted by Crippen LogP contribution is 2.37. The monoisotopic (exact) mass is 338 g/mol. The van der Waals surface area contributed by atoms with Gasteiger partial charge in [0.05, 0.1) is 0 Å². The van der Waals surface area contributed by atoms with Crippen molar-refractivity contribution in [2.75, 3.05) is 0 Å². The van der Waals surface area contributed by atoms with E-state index >= 15 is 0 Å². The van der Waals surface area contributed by atoms with Crippen LogP contribution >= 0.6 is 15.9 Å². The number of hydrogen-bond acceptors (Lipinski definition) is 1. The molecule has 0 bridgehead atoms. The number of phenols is 1. The van der Waals surface area contributed by atoms with Gasteiger partial charge in [-0.15, -0.1) is 0 Å². The molecular weight excluding hydrogens is 324 g/mol. The number of benzene rings is 3. The Balaban J connectivity index is 2.20. The molecule has 0 unspecified atom stereocenters. The highest BCUT2D eigenvalue weighted by atomic mass is 79.9. The van der Waals surface area contributed by atoms with E-state index in [4.69, 9.17) is 0 Å². The molecular formula is C19H15BrO. The fourth-order valence-corrected chi connectivity index (χ4v) is 2.98. The van der Waals surface area contributed by atoms with Gasteiger partial charge in [0.1, 0.15) is 5.75 Å². The zero-order valence-corrected chi connectivity index (χ0v) is 13.0. The molecule has 104 valence electrons. The summed E-state index contributed by atoms with van der Waals surface area (Å²) in [6.07, 6.45) is 0. The van der Waals surface area contributed by atoms with Crippen molar-refractivity contribution in [1.29, 1.82) is 0 Å². The third-order valence-corrected chi connectivity index (χ3v) is 4.06. The van der Waals surface area contributed by atoms with Crippen LogP contribution in [0.5, 0.6) is 5.75 Å². The van der Waals surface area contributed by atoms with Crippen LogP contribution in [0.4, 0.5) is 0 Å². The summed E-state index contributed by atoms with van der Waals surface area (Å²) in [7, 11) is 0. The summed E-state index contributed by atoms with van der Waals surface area (Å²) in [6, 6.07) is 26.1. The number of hydrogen-bond donors (Lipinski definition) is 1. The number of rotatable bonds is 3. The Morgan fingerprint density at radius 3 is 1.76 bits per heavy atom. The molecule has 0 heterocycles. The zero-order chi connectivity index (χ0) is 14.7. The molecule has 0 atom stereocenters. The minimum atomic E-state index is 0.0184. The minimum Gasteiger partial charge on any atom is -0.508 e. The van der Waals surface area contributed by atoms with Crippen molar-refractivity contribution in [2.24, 2.45) is 0 Å². The van der Waals surface area contributed by atoms with Gasteiger partial charge in [0, 0.05) is 16.0 Å². The van der Waals surface area contributed by atoms with Crippen LogP contribution in [0.15, 0.2) is 83.3 Å². The number of aromatic hydroxyl groups is 1. The molecule has 0 aliphatic rings. The van der Waals surface area contributed by atoms with Gasteiger partial charge in [-0.2, -0.15) is 0 Å².